The van der Waals surface area contributed by atoms with Crippen molar-refractivity contribution in [2.45, 2.75) is 52.6 Å². The molecule has 114 valence electrons. The highest BCUT2D eigenvalue weighted by Crippen LogP contribution is 2.29. The molecule has 0 amide bonds. The third-order valence-electron chi connectivity index (χ3n) is 4.24. The van der Waals surface area contributed by atoms with Gasteiger partial charge in [-0.1, -0.05) is 27.7 Å². The summed E-state index contributed by atoms with van der Waals surface area (Å²) in [6.07, 6.45) is 2.37. The lowest BCUT2D eigenvalue weighted by atomic mass is 9.81. The summed E-state index contributed by atoms with van der Waals surface area (Å²) in [6.45, 7) is 13.6. The zero-order chi connectivity index (χ0) is 14.9. The SMILES string of the molecule is CCC1(C)CN(CCS(C)(=O)=O)C(C(C)(C)C)CN1. The minimum atomic E-state index is -2.90. The van der Waals surface area contributed by atoms with E-state index < -0.39 is 9.84 Å². The lowest BCUT2D eigenvalue weighted by Crippen LogP contribution is -2.66. The molecule has 19 heavy (non-hydrogen) atoms. The second-order valence-electron chi connectivity index (χ2n) is 7.28. The van der Waals surface area contributed by atoms with Gasteiger partial charge in [0.25, 0.3) is 0 Å². The number of hydrogen-bond donors (Lipinski definition) is 1. The molecule has 0 radical (unpaired) electrons. The molecule has 0 saturated carbocycles. The van der Waals surface area contributed by atoms with Crippen LogP contribution in [0.1, 0.15) is 41.0 Å². The van der Waals surface area contributed by atoms with E-state index in [4.69, 9.17) is 0 Å². The Bertz CT molecular complexity index is 400. The average molecular weight is 290 g/mol. The van der Waals surface area contributed by atoms with Gasteiger partial charge in [0.15, 0.2) is 0 Å². The van der Waals surface area contributed by atoms with Crippen LogP contribution in [-0.2, 0) is 9.84 Å². The van der Waals surface area contributed by atoms with Crippen molar-refractivity contribution in [1.82, 2.24) is 10.2 Å². The zero-order valence-electron chi connectivity index (χ0n) is 13.3. The molecule has 4 nitrogen and oxygen atoms in total. The largest absolute Gasteiger partial charge is 0.309 e. The topological polar surface area (TPSA) is 49.4 Å². The molecule has 5 heteroatoms. The summed E-state index contributed by atoms with van der Waals surface area (Å²) in [5.41, 5.74) is 0.249. The van der Waals surface area contributed by atoms with Crippen LogP contribution < -0.4 is 5.32 Å². The Balaban J connectivity index is 2.83. The monoisotopic (exact) mass is 290 g/mol. The third kappa shape index (κ3) is 5.04. The van der Waals surface area contributed by atoms with Crippen molar-refractivity contribution in [1.29, 1.82) is 0 Å². The molecule has 1 heterocycles. The van der Waals surface area contributed by atoms with Crippen LogP contribution in [0.25, 0.3) is 0 Å². The molecule has 1 aliphatic heterocycles. The van der Waals surface area contributed by atoms with Crippen molar-refractivity contribution in [2.75, 3.05) is 31.6 Å². The van der Waals surface area contributed by atoms with E-state index in [2.05, 4.69) is 44.8 Å². The Morgan fingerprint density at radius 1 is 1.37 bits per heavy atom. The molecule has 1 aliphatic rings. The van der Waals surface area contributed by atoms with E-state index in [1.807, 2.05) is 0 Å². The van der Waals surface area contributed by atoms with Crippen LogP contribution in [0.3, 0.4) is 0 Å². The number of nitrogens with zero attached hydrogens (tertiary/aromatic N) is 1. The molecule has 1 N–H and O–H groups in total. The van der Waals surface area contributed by atoms with Crippen molar-refractivity contribution in [2.24, 2.45) is 5.41 Å². The van der Waals surface area contributed by atoms with E-state index in [-0.39, 0.29) is 16.7 Å². The second kappa shape index (κ2) is 5.70. The first-order valence-electron chi connectivity index (χ1n) is 7.14. The van der Waals surface area contributed by atoms with Crippen molar-refractivity contribution in [3.05, 3.63) is 0 Å². The second-order valence-corrected chi connectivity index (χ2v) is 9.54. The molecule has 1 fully saturated rings. The maximum absolute atomic E-state index is 11.4. The molecule has 0 aliphatic carbocycles. The standard InChI is InChI=1S/C14H30N2O2S/c1-7-14(5)11-16(8-9-19(6,17)18)12(10-15-14)13(2,3)4/h12,15H,7-11H2,1-6H3. The summed E-state index contributed by atoms with van der Waals surface area (Å²) in [7, 11) is -2.90. The van der Waals surface area contributed by atoms with Gasteiger partial charge in [0.2, 0.25) is 0 Å². The fourth-order valence-corrected chi connectivity index (χ4v) is 3.26. The van der Waals surface area contributed by atoms with Crippen molar-refractivity contribution >= 4 is 9.84 Å². The van der Waals surface area contributed by atoms with Crippen LogP contribution in [0.5, 0.6) is 0 Å². The molecule has 0 aromatic rings. The first kappa shape index (κ1) is 16.9. The first-order chi connectivity index (χ1) is 8.47. The molecule has 1 rings (SSSR count). The number of rotatable bonds is 4. The molecule has 1 saturated heterocycles. The summed E-state index contributed by atoms with van der Waals surface area (Å²) in [5.74, 6) is 0.249. The Morgan fingerprint density at radius 3 is 2.37 bits per heavy atom. The highest BCUT2D eigenvalue weighted by atomic mass is 32.2. The van der Waals surface area contributed by atoms with Crippen LogP contribution >= 0.6 is 0 Å². The van der Waals surface area contributed by atoms with Crippen molar-refractivity contribution in [3.63, 3.8) is 0 Å². The van der Waals surface area contributed by atoms with Crippen molar-refractivity contribution < 1.29 is 8.42 Å². The normalized spacial score (nSPS) is 30.5. The smallest absolute Gasteiger partial charge is 0.148 e. The summed E-state index contributed by atoms with van der Waals surface area (Å²) in [6, 6.07) is 0.383. The third-order valence-corrected chi connectivity index (χ3v) is 5.17. The maximum atomic E-state index is 11.4. The Labute approximate surface area is 118 Å². The van der Waals surface area contributed by atoms with Gasteiger partial charge in [-0.3, -0.25) is 4.90 Å². The molecule has 0 bridgehead atoms. The van der Waals surface area contributed by atoms with Gasteiger partial charge in [-0.25, -0.2) is 8.42 Å². The Hall–Kier alpha value is -0.130. The number of sulfone groups is 1. The quantitative estimate of drug-likeness (QED) is 0.853. The molecule has 0 aromatic carbocycles. The van der Waals surface area contributed by atoms with E-state index in [9.17, 15) is 8.42 Å². The molecule has 2 atom stereocenters. The lowest BCUT2D eigenvalue weighted by Gasteiger charge is -2.50. The van der Waals surface area contributed by atoms with E-state index in [0.717, 1.165) is 19.5 Å². The van der Waals surface area contributed by atoms with Crippen LogP contribution in [0, 0.1) is 5.41 Å². The van der Waals surface area contributed by atoms with Crippen molar-refractivity contribution in [3.8, 4) is 0 Å². The number of hydrogen-bond acceptors (Lipinski definition) is 4. The zero-order valence-corrected chi connectivity index (χ0v) is 14.1. The highest BCUT2D eigenvalue weighted by molar-refractivity contribution is 7.90. The predicted molar refractivity (Wildman–Crippen MR) is 81.2 cm³/mol. The summed E-state index contributed by atoms with van der Waals surface area (Å²) < 4.78 is 22.8. The van der Waals surface area contributed by atoms with Gasteiger partial charge in [0, 0.05) is 37.5 Å². The number of piperazine rings is 1. The van der Waals surface area contributed by atoms with Gasteiger partial charge < -0.3 is 5.32 Å². The lowest BCUT2D eigenvalue weighted by molar-refractivity contribution is 0.0310. The Morgan fingerprint density at radius 2 is 1.95 bits per heavy atom. The molecular weight excluding hydrogens is 260 g/mol. The molecule has 0 aromatic heterocycles. The first-order valence-corrected chi connectivity index (χ1v) is 9.20. The summed E-state index contributed by atoms with van der Waals surface area (Å²) in [4.78, 5) is 2.36. The van der Waals surface area contributed by atoms with E-state index >= 15 is 0 Å². The minimum Gasteiger partial charge on any atom is -0.309 e. The fraction of sp³-hybridized carbons (Fsp3) is 1.00. The van der Waals surface area contributed by atoms with Gasteiger partial charge in [-0.15, -0.1) is 0 Å². The van der Waals surface area contributed by atoms with Gasteiger partial charge in [-0.2, -0.15) is 0 Å². The molecule has 2 unspecified atom stereocenters. The van der Waals surface area contributed by atoms with Crippen LogP contribution in [-0.4, -0.2) is 56.5 Å². The maximum Gasteiger partial charge on any atom is 0.148 e. The number of nitrogens with one attached hydrogen (secondary N) is 1. The van der Waals surface area contributed by atoms with Crippen LogP contribution in [0.15, 0.2) is 0 Å². The Kier molecular flexibility index (Phi) is 5.08. The van der Waals surface area contributed by atoms with E-state index in [1.54, 1.807) is 0 Å². The summed E-state index contributed by atoms with van der Waals surface area (Å²) in [5, 5.41) is 3.64. The van der Waals surface area contributed by atoms with Gasteiger partial charge in [0.05, 0.1) is 5.75 Å². The molecule has 0 spiro atoms. The van der Waals surface area contributed by atoms with Gasteiger partial charge >= 0.3 is 0 Å². The summed E-state index contributed by atoms with van der Waals surface area (Å²) >= 11 is 0. The van der Waals surface area contributed by atoms with Crippen LogP contribution in [0.2, 0.25) is 0 Å². The fourth-order valence-electron chi connectivity index (χ4n) is 2.70. The van der Waals surface area contributed by atoms with Gasteiger partial charge in [-0.05, 0) is 18.8 Å². The van der Waals surface area contributed by atoms with Gasteiger partial charge in [0.1, 0.15) is 9.84 Å². The van der Waals surface area contributed by atoms with Crippen LogP contribution in [0.4, 0.5) is 0 Å². The van der Waals surface area contributed by atoms with E-state index in [1.165, 1.54) is 6.26 Å². The predicted octanol–water partition coefficient (Wildman–Crippen LogP) is 1.52. The molecular formula is C14H30N2O2S. The minimum absolute atomic E-state index is 0.0965. The highest BCUT2D eigenvalue weighted by Gasteiger charge is 2.39. The average Bonchev–Trinajstić information content (AvgIpc) is 2.24. The van der Waals surface area contributed by atoms with E-state index in [0.29, 0.717) is 12.6 Å².